The second-order valence-electron chi connectivity index (χ2n) is 5.23. The molecule has 0 aliphatic heterocycles. The first-order chi connectivity index (χ1) is 10.4. The lowest BCUT2D eigenvalue weighted by molar-refractivity contribution is 0.638. The molecule has 0 aliphatic carbocycles. The molecule has 0 amide bonds. The zero-order chi connectivity index (χ0) is 16.0. The fourth-order valence-corrected chi connectivity index (χ4v) is 2.70. The van der Waals surface area contributed by atoms with Crippen molar-refractivity contribution in [2.75, 3.05) is 0 Å². The summed E-state index contributed by atoms with van der Waals surface area (Å²) in [4.78, 5) is 12.8. The van der Waals surface area contributed by atoms with Crippen LogP contribution in [0.15, 0.2) is 29.1 Å². The highest BCUT2D eigenvalue weighted by molar-refractivity contribution is 6.35. The first kappa shape index (κ1) is 14.7. The number of nitrogens with two attached hydrogens (primary N) is 1. The summed E-state index contributed by atoms with van der Waals surface area (Å²) in [5, 5.41) is 7.34. The largest absolute Gasteiger partial charge is 0.323 e. The minimum Gasteiger partial charge on any atom is -0.323 e. The van der Waals surface area contributed by atoms with E-state index in [2.05, 4.69) is 10.2 Å². The van der Waals surface area contributed by atoms with Gasteiger partial charge in [0.1, 0.15) is 5.82 Å². The number of hydrogen-bond donors (Lipinski definition) is 2. The Hall–Kier alpha value is -2.18. The van der Waals surface area contributed by atoms with Crippen LogP contribution in [0.3, 0.4) is 0 Å². The van der Waals surface area contributed by atoms with Crippen molar-refractivity contribution in [3.05, 3.63) is 56.8 Å². The SMILES string of the molecule is Cc1cc(-n2c([C@H](C)N)cc3c(F)ccc(Cl)c3c2=O)n[nH]1. The van der Waals surface area contributed by atoms with Crippen LogP contribution in [0.1, 0.15) is 24.4 Å². The minimum atomic E-state index is -0.510. The maximum Gasteiger partial charge on any atom is 0.266 e. The third-order valence-electron chi connectivity index (χ3n) is 3.50. The van der Waals surface area contributed by atoms with Crippen LogP contribution >= 0.6 is 11.6 Å². The van der Waals surface area contributed by atoms with Gasteiger partial charge in [-0.25, -0.2) is 4.39 Å². The Morgan fingerprint density at radius 3 is 2.73 bits per heavy atom. The predicted molar refractivity (Wildman–Crippen MR) is 84.0 cm³/mol. The normalized spacial score (nSPS) is 12.8. The van der Waals surface area contributed by atoms with Crippen molar-refractivity contribution < 1.29 is 4.39 Å². The van der Waals surface area contributed by atoms with E-state index in [1.165, 1.54) is 16.7 Å². The lowest BCUT2D eigenvalue weighted by Gasteiger charge is -2.15. The highest BCUT2D eigenvalue weighted by Crippen LogP contribution is 2.26. The maximum absolute atomic E-state index is 14.1. The molecule has 2 aromatic heterocycles. The van der Waals surface area contributed by atoms with Crippen LogP contribution in [-0.4, -0.2) is 14.8 Å². The average Bonchev–Trinajstić information content (AvgIpc) is 2.88. The van der Waals surface area contributed by atoms with E-state index < -0.39 is 17.4 Å². The topological polar surface area (TPSA) is 76.7 Å². The summed E-state index contributed by atoms with van der Waals surface area (Å²) in [6, 6.07) is 5.39. The molecule has 0 saturated carbocycles. The van der Waals surface area contributed by atoms with Gasteiger partial charge in [0, 0.05) is 28.9 Å². The third-order valence-corrected chi connectivity index (χ3v) is 3.81. The lowest BCUT2D eigenvalue weighted by Crippen LogP contribution is -2.26. The number of aromatic amines is 1. The van der Waals surface area contributed by atoms with E-state index in [1.54, 1.807) is 19.1 Å². The number of nitrogens with zero attached hydrogens (tertiary/aromatic N) is 2. The van der Waals surface area contributed by atoms with Crippen LogP contribution < -0.4 is 11.3 Å². The van der Waals surface area contributed by atoms with Gasteiger partial charge in [0.25, 0.3) is 5.56 Å². The Balaban J connectivity index is 2.50. The van der Waals surface area contributed by atoms with Crippen LogP contribution in [0.5, 0.6) is 0 Å². The molecule has 3 rings (SSSR count). The highest BCUT2D eigenvalue weighted by Gasteiger charge is 2.19. The zero-order valence-electron chi connectivity index (χ0n) is 12.0. The number of H-pyrrole nitrogens is 1. The van der Waals surface area contributed by atoms with Crippen LogP contribution in [0.4, 0.5) is 4.39 Å². The Bertz CT molecular complexity index is 929. The second kappa shape index (κ2) is 5.23. The van der Waals surface area contributed by atoms with Gasteiger partial charge >= 0.3 is 0 Å². The van der Waals surface area contributed by atoms with Crippen molar-refractivity contribution in [2.24, 2.45) is 5.73 Å². The molecule has 0 unspecified atom stereocenters. The molecule has 7 heteroatoms. The molecule has 0 bridgehead atoms. The van der Waals surface area contributed by atoms with E-state index in [0.29, 0.717) is 11.5 Å². The van der Waals surface area contributed by atoms with Gasteiger partial charge in [0.05, 0.1) is 10.4 Å². The average molecular weight is 321 g/mol. The molecule has 0 aliphatic rings. The minimum absolute atomic E-state index is 0.117. The summed E-state index contributed by atoms with van der Waals surface area (Å²) in [6.45, 7) is 3.54. The fraction of sp³-hybridized carbons (Fsp3) is 0.200. The van der Waals surface area contributed by atoms with E-state index in [9.17, 15) is 9.18 Å². The number of fused-ring (bicyclic) bond motifs is 1. The molecular formula is C15H14ClFN4O. The zero-order valence-corrected chi connectivity index (χ0v) is 12.8. The Kier molecular flexibility index (Phi) is 3.50. The van der Waals surface area contributed by atoms with Gasteiger partial charge in [-0.3, -0.25) is 14.5 Å². The van der Waals surface area contributed by atoms with Gasteiger partial charge in [0.2, 0.25) is 0 Å². The molecular weight excluding hydrogens is 307 g/mol. The van der Waals surface area contributed by atoms with E-state index >= 15 is 0 Å². The number of hydrogen-bond acceptors (Lipinski definition) is 3. The number of rotatable bonds is 2. The van der Waals surface area contributed by atoms with E-state index in [4.69, 9.17) is 17.3 Å². The van der Waals surface area contributed by atoms with Gasteiger partial charge in [-0.15, -0.1) is 0 Å². The molecule has 22 heavy (non-hydrogen) atoms. The molecule has 3 N–H and O–H groups in total. The van der Waals surface area contributed by atoms with Crippen LogP contribution in [0, 0.1) is 12.7 Å². The first-order valence-corrected chi connectivity index (χ1v) is 7.09. The summed E-state index contributed by atoms with van der Waals surface area (Å²) >= 11 is 6.09. The molecule has 0 spiro atoms. The molecule has 2 heterocycles. The number of aryl methyl sites for hydroxylation is 1. The Morgan fingerprint density at radius 2 is 2.14 bits per heavy atom. The molecule has 114 valence electrons. The first-order valence-electron chi connectivity index (χ1n) is 6.71. The fourth-order valence-electron chi connectivity index (χ4n) is 2.46. The molecule has 0 saturated heterocycles. The summed E-state index contributed by atoms with van der Waals surface area (Å²) in [7, 11) is 0. The highest BCUT2D eigenvalue weighted by atomic mass is 35.5. The summed E-state index contributed by atoms with van der Waals surface area (Å²) in [5.74, 6) is -0.110. The van der Waals surface area contributed by atoms with Crippen molar-refractivity contribution in [1.29, 1.82) is 0 Å². The van der Waals surface area contributed by atoms with Crippen LogP contribution in [-0.2, 0) is 0 Å². The molecule has 5 nitrogen and oxygen atoms in total. The standard InChI is InChI=1S/C15H14ClFN4O/c1-7-5-13(20-19-7)21-12(8(2)18)6-9-11(17)4-3-10(16)14(9)15(21)22/h3-6,8H,18H2,1-2H3,(H,19,20)/t8-/m0/s1. The van der Waals surface area contributed by atoms with Crippen molar-refractivity contribution >= 4 is 22.4 Å². The van der Waals surface area contributed by atoms with E-state index in [0.717, 1.165) is 5.69 Å². The number of nitrogens with one attached hydrogen (secondary N) is 1. The second-order valence-corrected chi connectivity index (χ2v) is 5.63. The quantitative estimate of drug-likeness (QED) is 0.762. The molecule has 0 fully saturated rings. The van der Waals surface area contributed by atoms with Crippen LogP contribution in [0.25, 0.3) is 16.6 Å². The summed E-state index contributed by atoms with van der Waals surface area (Å²) in [6.07, 6.45) is 0. The monoisotopic (exact) mass is 320 g/mol. The number of halogens is 2. The van der Waals surface area contributed by atoms with Gasteiger partial charge < -0.3 is 5.73 Å². The summed E-state index contributed by atoms with van der Waals surface area (Å²) < 4.78 is 15.4. The Labute approximate surface area is 130 Å². The predicted octanol–water partition coefficient (Wildman–Crippen LogP) is 2.83. The third kappa shape index (κ3) is 2.20. The lowest BCUT2D eigenvalue weighted by atomic mass is 10.1. The molecule has 1 atom stereocenters. The van der Waals surface area contributed by atoms with E-state index in [-0.39, 0.29) is 15.8 Å². The number of pyridine rings is 1. The smallest absolute Gasteiger partial charge is 0.266 e. The van der Waals surface area contributed by atoms with Gasteiger partial charge in [-0.1, -0.05) is 11.6 Å². The van der Waals surface area contributed by atoms with E-state index in [1.807, 2.05) is 6.92 Å². The van der Waals surface area contributed by atoms with Crippen LogP contribution in [0.2, 0.25) is 5.02 Å². The van der Waals surface area contributed by atoms with Crippen molar-refractivity contribution in [3.8, 4) is 5.82 Å². The Morgan fingerprint density at radius 1 is 1.41 bits per heavy atom. The van der Waals surface area contributed by atoms with Gasteiger partial charge in [-0.2, -0.15) is 5.10 Å². The van der Waals surface area contributed by atoms with Crippen molar-refractivity contribution in [2.45, 2.75) is 19.9 Å². The van der Waals surface area contributed by atoms with Crippen molar-refractivity contribution in [3.63, 3.8) is 0 Å². The number of aromatic nitrogens is 3. The van der Waals surface area contributed by atoms with Gasteiger partial charge in [0.15, 0.2) is 5.82 Å². The van der Waals surface area contributed by atoms with Gasteiger partial charge in [-0.05, 0) is 32.0 Å². The molecule has 1 aromatic carbocycles. The number of benzene rings is 1. The molecule has 0 radical (unpaired) electrons. The maximum atomic E-state index is 14.1. The van der Waals surface area contributed by atoms with Crippen molar-refractivity contribution in [1.82, 2.24) is 14.8 Å². The summed E-state index contributed by atoms with van der Waals surface area (Å²) in [5.41, 5.74) is 6.77. The molecule has 3 aromatic rings.